The number of nitrogens with one attached hydrogen (secondary N) is 1. The van der Waals surface area contributed by atoms with Crippen molar-refractivity contribution in [1.82, 2.24) is 9.91 Å². The van der Waals surface area contributed by atoms with E-state index in [-0.39, 0.29) is 12.1 Å². The quantitative estimate of drug-likeness (QED) is 0.294. The largest absolute Gasteiger partial charge is 0.416 e. The summed E-state index contributed by atoms with van der Waals surface area (Å²) >= 11 is 0. The Kier molecular flexibility index (Phi) is 15.6. The van der Waals surface area contributed by atoms with Crippen molar-refractivity contribution in [2.45, 2.75) is 93.3 Å². The minimum atomic E-state index is -4.44. The molecule has 1 N–H and O–H groups in total. The first-order valence-electron chi connectivity index (χ1n) is 16.4. The third-order valence-corrected chi connectivity index (χ3v) is 7.22. The van der Waals surface area contributed by atoms with Gasteiger partial charge in [-0.1, -0.05) is 77.8 Å². The zero-order chi connectivity index (χ0) is 34.3. The third kappa shape index (κ3) is 10.8. The number of rotatable bonds is 8. The fraction of sp³-hybridized carbons (Fsp3) is 0.410. The maximum absolute atomic E-state index is 14.1. The van der Waals surface area contributed by atoms with Gasteiger partial charge >= 0.3 is 6.18 Å². The number of nitrogens with zero attached hydrogens (tertiary/aromatic N) is 3. The normalized spacial score (nSPS) is 14.0. The molecule has 0 amide bonds. The number of alkyl halides is 3. The molecule has 1 saturated carbocycles. The maximum atomic E-state index is 14.1. The van der Waals surface area contributed by atoms with Crippen LogP contribution in [0.1, 0.15) is 101 Å². The van der Waals surface area contributed by atoms with Gasteiger partial charge in [0.05, 0.1) is 11.3 Å². The Balaban J connectivity index is 0.00000139. The second-order valence-corrected chi connectivity index (χ2v) is 11.2. The molecular formula is C39H51F3N4. The highest BCUT2D eigenvalue weighted by molar-refractivity contribution is 5.81. The summed E-state index contributed by atoms with van der Waals surface area (Å²) in [5.41, 5.74) is 6.34. The second kappa shape index (κ2) is 18.8. The predicted octanol–water partition coefficient (Wildman–Crippen LogP) is 10.9. The molecule has 1 aliphatic heterocycles. The maximum Gasteiger partial charge on any atom is 0.416 e. The van der Waals surface area contributed by atoms with Gasteiger partial charge in [0, 0.05) is 29.7 Å². The molecule has 0 radical (unpaired) electrons. The molecular weight excluding hydrogens is 581 g/mol. The minimum Gasteiger partial charge on any atom is -0.355 e. The highest BCUT2D eigenvalue weighted by Gasteiger charge is 2.34. The van der Waals surface area contributed by atoms with E-state index in [0.717, 1.165) is 60.3 Å². The summed E-state index contributed by atoms with van der Waals surface area (Å²) < 4.78 is 42.3. The van der Waals surface area contributed by atoms with Crippen molar-refractivity contribution >= 4 is 17.6 Å². The predicted molar refractivity (Wildman–Crippen MR) is 190 cm³/mol. The van der Waals surface area contributed by atoms with Crippen molar-refractivity contribution < 1.29 is 13.2 Å². The first-order chi connectivity index (χ1) is 22.0. The van der Waals surface area contributed by atoms with Gasteiger partial charge in [-0.25, -0.2) is 5.01 Å². The molecule has 1 aliphatic carbocycles. The van der Waals surface area contributed by atoms with Crippen LogP contribution >= 0.6 is 0 Å². The summed E-state index contributed by atoms with van der Waals surface area (Å²) in [4.78, 5) is 1.91. The van der Waals surface area contributed by atoms with Crippen LogP contribution < -0.4 is 5.32 Å². The molecule has 0 bridgehead atoms. The Bertz CT molecular complexity index is 1490. The number of hydrogen-bond donors (Lipinski definition) is 1. The Morgan fingerprint density at radius 1 is 1.11 bits per heavy atom. The number of benzene rings is 2. The standard InChI is InChI=1S/C34H37F3N4.C3H8.C2H6/c1-6-20-40(5)23-29-15-17-30(22-32(29)34(35,36)37)39-33(26-11-8-12-26)28-14-13-24(3)27(21-28)16-18-31(7-2)41-25(4)10-9-19-38-41;1-3-2;1-2/h7,9-10,13-15,17,19,21-22,39H,4,6,8,11-12,20,23H2,1-3,5H3;3H2,1-2H3;1-2H3/b31-7-;;. The molecule has 1 heterocycles. The molecule has 0 saturated heterocycles. The van der Waals surface area contributed by atoms with Crippen molar-refractivity contribution in [3.8, 4) is 11.8 Å². The minimum absolute atomic E-state index is 0.247. The lowest BCUT2D eigenvalue weighted by atomic mass is 9.87. The Morgan fingerprint density at radius 2 is 1.80 bits per heavy atom. The van der Waals surface area contributed by atoms with Crippen molar-refractivity contribution in [1.29, 1.82) is 0 Å². The average Bonchev–Trinajstić information content (AvgIpc) is 2.99. The van der Waals surface area contributed by atoms with E-state index >= 15 is 0 Å². The average molecular weight is 633 g/mol. The van der Waals surface area contributed by atoms with Crippen molar-refractivity contribution in [2.75, 3.05) is 18.9 Å². The van der Waals surface area contributed by atoms with Crippen LogP contribution in [-0.4, -0.2) is 29.7 Å². The van der Waals surface area contributed by atoms with Crippen LogP contribution in [0.5, 0.6) is 0 Å². The van der Waals surface area contributed by atoms with Crippen LogP contribution in [0.15, 0.2) is 83.3 Å². The summed E-state index contributed by atoms with van der Waals surface area (Å²) in [5, 5.41) is 9.40. The van der Waals surface area contributed by atoms with Gasteiger partial charge < -0.3 is 10.2 Å². The number of aryl methyl sites for hydroxylation is 1. The van der Waals surface area contributed by atoms with E-state index in [9.17, 15) is 13.2 Å². The van der Waals surface area contributed by atoms with Crippen LogP contribution in [0, 0.1) is 18.8 Å². The lowest BCUT2D eigenvalue weighted by Crippen LogP contribution is -2.21. The molecule has 46 heavy (non-hydrogen) atoms. The van der Waals surface area contributed by atoms with Crippen LogP contribution in [0.4, 0.5) is 18.9 Å². The Morgan fingerprint density at radius 3 is 2.37 bits per heavy atom. The van der Waals surface area contributed by atoms with E-state index in [4.69, 9.17) is 0 Å². The van der Waals surface area contributed by atoms with Crippen LogP contribution in [0.3, 0.4) is 0 Å². The van der Waals surface area contributed by atoms with E-state index in [2.05, 4.69) is 42.7 Å². The lowest BCUT2D eigenvalue weighted by molar-refractivity contribution is -0.138. The van der Waals surface area contributed by atoms with Crippen molar-refractivity contribution in [2.24, 2.45) is 5.10 Å². The summed E-state index contributed by atoms with van der Waals surface area (Å²) in [5.74, 6) is 6.50. The fourth-order valence-corrected chi connectivity index (χ4v) is 4.83. The molecule has 0 unspecified atom stereocenters. The van der Waals surface area contributed by atoms with Gasteiger partial charge in [0.25, 0.3) is 0 Å². The molecule has 0 spiro atoms. The van der Waals surface area contributed by atoms with Crippen LogP contribution in [0.25, 0.3) is 5.70 Å². The molecule has 248 valence electrons. The Labute approximate surface area is 275 Å². The monoisotopic (exact) mass is 632 g/mol. The lowest BCUT2D eigenvalue weighted by Gasteiger charge is -2.25. The number of allylic oxidation sites excluding steroid dienone is 5. The van der Waals surface area contributed by atoms with Crippen molar-refractivity contribution in [3.63, 3.8) is 0 Å². The summed E-state index contributed by atoms with van der Waals surface area (Å²) in [7, 11) is 1.85. The summed E-state index contributed by atoms with van der Waals surface area (Å²) in [6.07, 6.45) is 7.84. The molecule has 2 aromatic carbocycles. The SMILES string of the molecule is C=C1C=CC=NN1/C(C#Cc1cc(C(Nc2ccc(CN(C)CCC)c(C(F)(F)F)c2)=C2CCC2)ccc1C)=C\C.CC.CCC. The van der Waals surface area contributed by atoms with E-state index in [1.807, 2.05) is 83.0 Å². The van der Waals surface area contributed by atoms with E-state index in [1.54, 1.807) is 23.4 Å². The van der Waals surface area contributed by atoms with Gasteiger partial charge in [0.1, 0.15) is 5.70 Å². The number of hydrogen-bond acceptors (Lipinski definition) is 4. The fourth-order valence-electron chi connectivity index (χ4n) is 4.83. The molecule has 4 rings (SSSR count). The third-order valence-electron chi connectivity index (χ3n) is 7.22. The van der Waals surface area contributed by atoms with E-state index in [1.165, 1.54) is 18.1 Å². The van der Waals surface area contributed by atoms with Gasteiger partial charge in [-0.15, -0.1) is 0 Å². The number of hydrazone groups is 1. The first-order valence-corrected chi connectivity index (χ1v) is 16.4. The smallest absolute Gasteiger partial charge is 0.355 e. The Hall–Kier alpha value is -4.02. The molecule has 1 fully saturated rings. The van der Waals surface area contributed by atoms with Gasteiger partial charge in [0.15, 0.2) is 0 Å². The van der Waals surface area contributed by atoms with E-state index < -0.39 is 11.7 Å². The van der Waals surface area contributed by atoms with Crippen LogP contribution in [0.2, 0.25) is 0 Å². The molecule has 0 aromatic heterocycles. The van der Waals surface area contributed by atoms with Gasteiger partial charge in [-0.3, -0.25) is 0 Å². The highest BCUT2D eigenvalue weighted by atomic mass is 19.4. The number of halogens is 3. The number of anilines is 1. The second-order valence-electron chi connectivity index (χ2n) is 11.2. The van der Waals surface area contributed by atoms with Gasteiger partial charge in [-0.05, 0) is 112 Å². The zero-order valence-electron chi connectivity index (χ0n) is 28.9. The molecule has 2 aliphatic rings. The van der Waals surface area contributed by atoms with Crippen LogP contribution in [-0.2, 0) is 12.7 Å². The molecule has 2 aromatic rings. The van der Waals surface area contributed by atoms with Gasteiger partial charge in [-0.2, -0.15) is 18.3 Å². The van der Waals surface area contributed by atoms with Crippen molar-refractivity contribution in [3.05, 3.63) is 106 Å². The van der Waals surface area contributed by atoms with Gasteiger partial charge in [0.2, 0.25) is 0 Å². The topological polar surface area (TPSA) is 30.9 Å². The zero-order valence-corrected chi connectivity index (χ0v) is 28.9. The first kappa shape index (κ1) is 38.2. The summed E-state index contributed by atoms with van der Waals surface area (Å²) in [6.45, 7) is 19.2. The molecule has 7 heteroatoms. The molecule has 0 atom stereocenters. The highest BCUT2D eigenvalue weighted by Crippen LogP contribution is 2.38. The molecule has 4 nitrogen and oxygen atoms in total. The summed E-state index contributed by atoms with van der Waals surface area (Å²) in [6, 6.07) is 10.6. The van der Waals surface area contributed by atoms with E-state index in [0.29, 0.717) is 11.4 Å².